The SMILES string of the molecule is [B]c1ccc(CN2CCS(=O)(=O)CC2)cc1. The van der Waals surface area contributed by atoms with E-state index >= 15 is 0 Å². The summed E-state index contributed by atoms with van der Waals surface area (Å²) in [5.41, 5.74) is 1.93. The van der Waals surface area contributed by atoms with E-state index in [0.29, 0.717) is 13.1 Å². The minimum atomic E-state index is -2.78. The zero-order valence-corrected chi connectivity index (χ0v) is 9.91. The van der Waals surface area contributed by atoms with E-state index in [2.05, 4.69) is 4.90 Å². The summed E-state index contributed by atoms with van der Waals surface area (Å²) >= 11 is 0. The molecule has 1 heterocycles. The first-order valence-corrected chi connectivity index (χ1v) is 7.14. The molecule has 0 atom stereocenters. The molecule has 0 aromatic heterocycles. The molecule has 1 aliphatic rings. The Hall–Kier alpha value is -0.805. The molecule has 1 aromatic rings. The zero-order chi connectivity index (χ0) is 11.6. The fourth-order valence-corrected chi connectivity index (χ4v) is 3.07. The van der Waals surface area contributed by atoms with Crippen molar-refractivity contribution in [1.29, 1.82) is 0 Å². The first kappa shape index (κ1) is 11.7. The van der Waals surface area contributed by atoms with Gasteiger partial charge >= 0.3 is 0 Å². The molecule has 0 saturated carbocycles. The number of benzene rings is 1. The third-order valence-corrected chi connectivity index (χ3v) is 4.43. The molecule has 1 fully saturated rings. The molecule has 0 spiro atoms. The van der Waals surface area contributed by atoms with Crippen LogP contribution in [0.25, 0.3) is 0 Å². The van der Waals surface area contributed by atoms with Crippen LogP contribution in [0.3, 0.4) is 0 Å². The van der Waals surface area contributed by atoms with Gasteiger partial charge in [0.2, 0.25) is 0 Å². The van der Waals surface area contributed by atoms with Crippen LogP contribution in [-0.2, 0) is 16.4 Å². The number of sulfone groups is 1. The van der Waals surface area contributed by atoms with Crippen LogP contribution < -0.4 is 5.46 Å². The normalized spacial score (nSPS) is 20.8. The second-order valence-corrected chi connectivity index (χ2v) is 6.47. The van der Waals surface area contributed by atoms with Crippen molar-refractivity contribution in [3.8, 4) is 0 Å². The molecular weight excluding hydrogens is 221 g/mol. The van der Waals surface area contributed by atoms with E-state index in [4.69, 9.17) is 7.85 Å². The molecule has 1 saturated heterocycles. The highest BCUT2D eigenvalue weighted by Gasteiger charge is 2.21. The van der Waals surface area contributed by atoms with Gasteiger partial charge in [-0.1, -0.05) is 29.7 Å². The highest BCUT2D eigenvalue weighted by molar-refractivity contribution is 7.91. The van der Waals surface area contributed by atoms with E-state index in [1.165, 1.54) is 5.56 Å². The topological polar surface area (TPSA) is 37.4 Å². The van der Waals surface area contributed by atoms with Crippen molar-refractivity contribution < 1.29 is 8.42 Å². The lowest BCUT2D eigenvalue weighted by atomic mass is 9.95. The van der Waals surface area contributed by atoms with Crippen molar-refractivity contribution >= 4 is 23.1 Å². The number of hydrogen-bond acceptors (Lipinski definition) is 3. The second-order valence-electron chi connectivity index (χ2n) is 4.17. The molecule has 3 nitrogen and oxygen atoms in total. The van der Waals surface area contributed by atoms with Crippen LogP contribution in [0.15, 0.2) is 24.3 Å². The quantitative estimate of drug-likeness (QED) is 0.661. The van der Waals surface area contributed by atoms with Gasteiger partial charge in [-0.05, 0) is 5.56 Å². The van der Waals surface area contributed by atoms with Gasteiger partial charge in [0.15, 0.2) is 9.84 Å². The molecule has 0 unspecified atom stereocenters. The lowest BCUT2D eigenvalue weighted by Crippen LogP contribution is -2.39. The summed E-state index contributed by atoms with van der Waals surface area (Å²) in [7, 11) is 2.83. The summed E-state index contributed by atoms with van der Waals surface area (Å²) in [6.45, 7) is 2.06. The Kier molecular flexibility index (Phi) is 3.35. The Morgan fingerprint density at radius 1 is 1.12 bits per heavy atom. The van der Waals surface area contributed by atoms with Crippen molar-refractivity contribution in [2.24, 2.45) is 0 Å². The number of rotatable bonds is 2. The van der Waals surface area contributed by atoms with Crippen molar-refractivity contribution in [3.63, 3.8) is 0 Å². The third-order valence-electron chi connectivity index (χ3n) is 2.82. The van der Waals surface area contributed by atoms with Gasteiger partial charge < -0.3 is 0 Å². The molecule has 0 aliphatic carbocycles. The van der Waals surface area contributed by atoms with Crippen molar-refractivity contribution in [3.05, 3.63) is 29.8 Å². The van der Waals surface area contributed by atoms with E-state index in [9.17, 15) is 8.42 Å². The van der Waals surface area contributed by atoms with Gasteiger partial charge in [-0.2, -0.15) is 0 Å². The van der Waals surface area contributed by atoms with Crippen LogP contribution in [0.2, 0.25) is 0 Å². The van der Waals surface area contributed by atoms with Crippen LogP contribution >= 0.6 is 0 Å². The maximum Gasteiger partial charge on any atom is 0.152 e. The maximum absolute atomic E-state index is 11.3. The lowest BCUT2D eigenvalue weighted by molar-refractivity contribution is 0.287. The summed E-state index contributed by atoms with van der Waals surface area (Å²) in [6, 6.07) is 7.71. The number of nitrogens with zero attached hydrogens (tertiary/aromatic N) is 1. The van der Waals surface area contributed by atoms with Gasteiger partial charge in [-0.25, -0.2) is 8.42 Å². The molecule has 16 heavy (non-hydrogen) atoms. The molecule has 0 N–H and O–H groups in total. The average Bonchev–Trinajstić information content (AvgIpc) is 2.24. The van der Waals surface area contributed by atoms with Crippen molar-refractivity contribution in [1.82, 2.24) is 4.90 Å². The Labute approximate surface area is 97.8 Å². The van der Waals surface area contributed by atoms with E-state index in [1.807, 2.05) is 24.3 Å². The molecule has 2 radical (unpaired) electrons. The smallest absolute Gasteiger partial charge is 0.152 e. The lowest BCUT2D eigenvalue weighted by Gasteiger charge is -2.26. The van der Waals surface area contributed by atoms with E-state index in [0.717, 1.165) is 12.0 Å². The fourth-order valence-electron chi connectivity index (χ4n) is 1.79. The van der Waals surface area contributed by atoms with E-state index in [-0.39, 0.29) is 11.5 Å². The molecule has 84 valence electrons. The van der Waals surface area contributed by atoms with Crippen LogP contribution in [0.4, 0.5) is 0 Å². The predicted octanol–water partition coefficient (Wildman–Crippen LogP) is -0.289. The Balaban J connectivity index is 1.94. The van der Waals surface area contributed by atoms with Crippen LogP contribution in [-0.4, -0.2) is 45.8 Å². The van der Waals surface area contributed by atoms with Gasteiger partial charge in [0.1, 0.15) is 7.85 Å². The largest absolute Gasteiger partial charge is 0.297 e. The fraction of sp³-hybridized carbons (Fsp3) is 0.455. The van der Waals surface area contributed by atoms with Gasteiger partial charge in [-0.3, -0.25) is 4.90 Å². The standard InChI is InChI=1S/C11H14BNO2S/c12-11-3-1-10(2-4-11)9-13-5-7-16(14,15)8-6-13/h1-4H,5-9H2. The Morgan fingerprint density at radius 3 is 2.25 bits per heavy atom. The summed E-state index contributed by atoms with van der Waals surface area (Å²) in [6.07, 6.45) is 0. The zero-order valence-electron chi connectivity index (χ0n) is 9.09. The van der Waals surface area contributed by atoms with Gasteiger partial charge in [0.05, 0.1) is 11.5 Å². The highest BCUT2D eigenvalue weighted by Crippen LogP contribution is 2.08. The van der Waals surface area contributed by atoms with Crippen LogP contribution in [0, 0.1) is 0 Å². The number of hydrogen-bond donors (Lipinski definition) is 0. The van der Waals surface area contributed by atoms with Gasteiger partial charge in [0, 0.05) is 19.6 Å². The monoisotopic (exact) mass is 235 g/mol. The molecule has 1 aromatic carbocycles. The summed E-state index contributed by atoms with van der Waals surface area (Å²) in [5, 5.41) is 0. The third kappa shape index (κ3) is 3.09. The molecule has 5 heteroatoms. The van der Waals surface area contributed by atoms with E-state index in [1.54, 1.807) is 0 Å². The van der Waals surface area contributed by atoms with Gasteiger partial charge in [0.25, 0.3) is 0 Å². The van der Waals surface area contributed by atoms with Crippen molar-refractivity contribution in [2.75, 3.05) is 24.6 Å². The summed E-state index contributed by atoms with van der Waals surface area (Å²) in [4.78, 5) is 2.16. The molecule has 2 rings (SSSR count). The molecular formula is C11H14BNO2S. The molecule has 1 aliphatic heterocycles. The van der Waals surface area contributed by atoms with Crippen molar-refractivity contribution in [2.45, 2.75) is 6.54 Å². The van der Waals surface area contributed by atoms with Crippen LogP contribution in [0.1, 0.15) is 5.56 Å². The highest BCUT2D eigenvalue weighted by atomic mass is 32.2. The molecule has 0 bridgehead atoms. The predicted molar refractivity (Wildman–Crippen MR) is 65.8 cm³/mol. The van der Waals surface area contributed by atoms with Crippen LogP contribution in [0.5, 0.6) is 0 Å². The second kappa shape index (κ2) is 4.59. The average molecular weight is 235 g/mol. The Bertz CT molecular complexity index is 441. The van der Waals surface area contributed by atoms with Gasteiger partial charge in [-0.15, -0.1) is 0 Å². The maximum atomic E-state index is 11.3. The first-order valence-electron chi connectivity index (χ1n) is 5.32. The first-order chi connectivity index (χ1) is 7.55. The summed E-state index contributed by atoms with van der Waals surface area (Å²) < 4.78 is 22.5. The minimum Gasteiger partial charge on any atom is -0.297 e. The Morgan fingerprint density at radius 2 is 1.69 bits per heavy atom. The molecule has 0 amide bonds. The minimum absolute atomic E-state index is 0.280. The summed E-state index contributed by atoms with van der Waals surface area (Å²) in [5.74, 6) is 0.559. The van der Waals surface area contributed by atoms with E-state index < -0.39 is 9.84 Å².